The Morgan fingerprint density at radius 3 is 2.56 bits per heavy atom. The Morgan fingerprint density at radius 1 is 1.21 bits per heavy atom. The Labute approximate surface area is 196 Å². The fourth-order valence-electron chi connectivity index (χ4n) is 3.55. The normalized spacial score (nSPS) is 16.1. The minimum atomic E-state index is -3.92. The largest absolute Gasteiger partial charge is 0.494 e. The minimum Gasteiger partial charge on any atom is -0.494 e. The number of anilines is 1. The molecular formula is C22H25N3O8S. The third-order valence-corrected chi connectivity index (χ3v) is 7.12. The average molecular weight is 492 g/mol. The van der Waals surface area contributed by atoms with Gasteiger partial charge in [0.05, 0.1) is 22.5 Å². The monoisotopic (exact) mass is 491 g/mol. The molecule has 1 saturated heterocycles. The number of benzene rings is 2. The van der Waals surface area contributed by atoms with Gasteiger partial charge in [0.2, 0.25) is 10.0 Å². The van der Waals surface area contributed by atoms with Crippen LogP contribution in [0.4, 0.5) is 11.4 Å². The van der Waals surface area contributed by atoms with Crippen LogP contribution in [0.15, 0.2) is 47.4 Å². The van der Waals surface area contributed by atoms with Crippen molar-refractivity contribution in [3.8, 4) is 5.75 Å². The first-order valence-corrected chi connectivity index (χ1v) is 12.0. The van der Waals surface area contributed by atoms with Gasteiger partial charge in [-0.15, -0.1) is 0 Å². The number of nitro groups is 1. The highest BCUT2D eigenvalue weighted by molar-refractivity contribution is 7.89. The second kappa shape index (κ2) is 10.6. The number of nitrogens with zero attached hydrogens (tertiary/aromatic N) is 2. The maximum atomic E-state index is 13.0. The summed E-state index contributed by atoms with van der Waals surface area (Å²) in [6, 6.07) is 9.18. The second-order valence-corrected chi connectivity index (χ2v) is 9.50. The first-order valence-electron chi connectivity index (χ1n) is 10.6. The molecule has 0 aromatic heterocycles. The van der Waals surface area contributed by atoms with Gasteiger partial charge in [-0.3, -0.25) is 19.7 Å². The molecule has 1 heterocycles. The van der Waals surface area contributed by atoms with Crippen molar-refractivity contribution in [3.63, 3.8) is 0 Å². The lowest BCUT2D eigenvalue weighted by Gasteiger charge is -2.22. The van der Waals surface area contributed by atoms with Crippen molar-refractivity contribution < 1.29 is 32.4 Å². The van der Waals surface area contributed by atoms with Crippen molar-refractivity contribution in [2.24, 2.45) is 0 Å². The predicted molar refractivity (Wildman–Crippen MR) is 122 cm³/mol. The Morgan fingerprint density at radius 2 is 1.91 bits per heavy atom. The van der Waals surface area contributed by atoms with E-state index in [0.717, 1.165) is 9.87 Å². The zero-order chi connectivity index (χ0) is 24.9. The topological polar surface area (TPSA) is 145 Å². The third kappa shape index (κ3) is 5.69. The van der Waals surface area contributed by atoms with Gasteiger partial charge < -0.3 is 14.8 Å². The molecule has 1 amide bonds. The van der Waals surface area contributed by atoms with E-state index >= 15 is 0 Å². The maximum Gasteiger partial charge on any atom is 0.324 e. The number of nitro benzene ring substituents is 1. The number of hydrogen-bond donors (Lipinski definition) is 1. The fourth-order valence-corrected chi connectivity index (χ4v) is 5.20. The molecule has 2 aromatic rings. The molecule has 0 saturated carbocycles. The summed E-state index contributed by atoms with van der Waals surface area (Å²) in [7, 11) is -3.92. The lowest BCUT2D eigenvalue weighted by Crippen LogP contribution is -2.42. The number of carbonyl (C=O) groups excluding carboxylic acids is 2. The highest BCUT2D eigenvalue weighted by Gasteiger charge is 2.40. The molecule has 0 radical (unpaired) electrons. The van der Waals surface area contributed by atoms with Gasteiger partial charge in [-0.1, -0.05) is 17.7 Å². The van der Waals surface area contributed by atoms with Crippen LogP contribution in [0.2, 0.25) is 0 Å². The number of sulfonamides is 1. The third-order valence-electron chi connectivity index (χ3n) is 5.20. The quantitative estimate of drug-likeness (QED) is 0.320. The lowest BCUT2D eigenvalue weighted by atomic mass is 10.2. The van der Waals surface area contributed by atoms with E-state index in [1.165, 1.54) is 30.3 Å². The van der Waals surface area contributed by atoms with E-state index in [1.54, 1.807) is 19.1 Å². The number of amides is 1. The maximum absolute atomic E-state index is 13.0. The smallest absolute Gasteiger partial charge is 0.324 e. The molecule has 1 unspecified atom stereocenters. The Balaban J connectivity index is 1.64. The number of hydrogen-bond acceptors (Lipinski definition) is 8. The average Bonchev–Trinajstić information content (AvgIpc) is 3.30. The predicted octanol–water partition coefficient (Wildman–Crippen LogP) is 2.64. The van der Waals surface area contributed by atoms with Crippen molar-refractivity contribution in [1.82, 2.24) is 4.31 Å². The zero-order valence-corrected chi connectivity index (χ0v) is 19.5. The van der Waals surface area contributed by atoms with Crippen LogP contribution in [0.1, 0.15) is 25.3 Å². The minimum absolute atomic E-state index is 0.0679. The standard InChI is InChI=1S/C22H25N3O8S/c1-3-32-16-8-11-18(20(13-16)25(28)29)23-21(26)14-33-22(27)19-5-4-12-24(19)34(30,31)17-9-6-15(2)7-10-17/h6-11,13,19H,3-5,12,14H2,1-2H3,(H,23,26). The van der Waals surface area contributed by atoms with E-state index in [1.807, 2.05) is 6.92 Å². The van der Waals surface area contributed by atoms with Crippen LogP contribution in [0.25, 0.3) is 0 Å². The van der Waals surface area contributed by atoms with Gasteiger partial charge >= 0.3 is 5.97 Å². The Kier molecular flexibility index (Phi) is 7.84. The number of carbonyl (C=O) groups is 2. The Hall–Kier alpha value is -3.51. The van der Waals surface area contributed by atoms with E-state index in [0.29, 0.717) is 13.0 Å². The van der Waals surface area contributed by atoms with Gasteiger partial charge in [0.25, 0.3) is 11.6 Å². The molecule has 11 nitrogen and oxygen atoms in total. The summed E-state index contributed by atoms with van der Waals surface area (Å²) in [6.45, 7) is 3.31. The van der Waals surface area contributed by atoms with Crippen LogP contribution in [-0.2, 0) is 24.3 Å². The van der Waals surface area contributed by atoms with Gasteiger partial charge in [0.1, 0.15) is 17.5 Å². The van der Waals surface area contributed by atoms with Gasteiger partial charge in [0.15, 0.2) is 6.61 Å². The van der Waals surface area contributed by atoms with Crippen molar-refractivity contribution in [3.05, 3.63) is 58.1 Å². The summed E-state index contributed by atoms with van der Waals surface area (Å²) < 4.78 is 37.3. The number of esters is 1. The fraction of sp³-hybridized carbons (Fsp3) is 0.364. The highest BCUT2D eigenvalue weighted by Crippen LogP contribution is 2.30. The lowest BCUT2D eigenvalue weighted by molar-refractivity contribution is -0.384. The number of nitrogens with one attached hydrogen (secondary N) is 1. The molecule has 0 spiro atoms. The molecule has 182 valence electrons. The summed E-state index contributed by atoms with van der Waals surface area (Å²) >= 11 is 0. The number of aryl methyl sites for hydroxylation is 1. The summed E-state index contributed by atoms with van der Waals surface area (Å²) in [5.41, 5.74) is 0.436. The van der Waals surface area contributed by atoms with E-state index in [9.17, 15) is 28.1 Å². The molecule has 3 rings (SSSR count). The van der Waals surface area contributed by atoms with Crippen molar-refractivity contribution >= 4 is 33.3 Å². The Bertz CT molecular complexity index is 1180. The molecule has 12 heteroatoms. The van der Waals surface area contributed by atoms with Gasteiger partial charge in [-0.05, 0) is 51.0 Å². The SMILES string of the molecule is CCOc1ccc(NC(=O)COC(=O)C2CCCN2S(=O)(=O)c2ccc(C)cc2)c([N+](=O)[O-])c1. The molecule has 1 aliphatic rings. The van der Waals surface area contributed by atoms with Crippen molar-refractivity contribution in [2.75, 3.05) is 25.1 Å². The molecule has 1 aliphatic heterocycles. The molecule has 0 aliphatic carbocycles. The van der Waals surface area contributed by atoms with Crippen LogP contribution in [0.5, 0.6) is 5.75 Å². The van der Waals surface area contributed by atoms with Crippen molar-refractivity contribution in [2.45, 2.75) is 37.6 Å². The van der Waals surface area contributed by atoms with E-state index in [2.05, 4.69) is 5.32 Å². The van der Waals surface area contributed by atoms with Gasteiger partial charge in [0, 0.05) is 6.54 Å². The summed E-state index contributed by atoms with van der Waals surface area (Å²) in [6.07, 6.45) is 0.728. The number of ether oxygens (including phenoxy) is 2. The van der Waals surface area contributed by atoms with Gasteiger partial charge in [-0.25, -0.2) is 8.42 Å². The zero-order valence-electron chi connectivity index (χ0n) is 18.7. The molecule has 34 heavy (non-hydrogen) atoms. The summed E-state index contributed by atoms with van der Waals surface area (Å²) in [4.78, 5) is 35.6. The molecular weight excluding hydrogens is 466 g/mol. The van der Waals surface area contributed by atoms with Crippen LogP contribution >= 0.6 is 0 Å². The number of rotatable bonds is 9. The first kappa shape index (κ1) is 25.1. The molecule has 0 bridgehead atoms. The summed E-state index contributed by atoms with van der Waals surface area (Å²) in [5.74, 6) is -1.38. The van der Waals surface area contributed by atoms with Crippen LogP contribution < -0.4 is 10.1 Å². The van der Waals surface area contributed by atoms with Crippen LogP contribution in [0, 0.1) is 17.0 Å². The molecule has 1 N–H and O–H groups in total. The van der Waals surface area contributed by atoms with Crippen molar-refractivity contribution in [1.29, 1.82) is 0 Å². The molecule has 1 atom stereocenters. The molecule has 1 fully saturated rings. The van der Waals surface area contributed by atoms with E-state index in [-0.39, 0.29) is 35.0 Å². The first-order chi connectivity index (χ1) is 16.1. The van der Waals surface area contributed by atoms with E-state index < -0.39 is 39.5 Å². The van der Waals surface area contributed by atoms with Crippen LogP contribution in [-0.4, -0.2) is 55.3 Å². The molecule has 2 aromatic carbocycles. The van der Waals surface area contributed by atoms with E-state index in [4.69, 9.17) is 9.47 Å². The van der Waals surface area contributed by atoms with Crippen LogP contribution in [0.3, 0.4) is 0 Å². The summed E-state index contributed by atoms with van der Waals surface area (Å²) in [5, 5.41) is 13.7. The second-order valence-electron chi connectivity index (χ2n) is 7.61. The van der Waals surface area contributed by atoms with Gasteiger partial charge in [-0.2, -0.15) is 4.31 Å². The highest BCUT2D eigenvalue weighted by atomic mass is 32.2.